The van der Waals surface area contributed by atoms with Gasteiger partial charge < -0.3 is 20.5 Å². The summed E-state index contributed by atoms with van der Waals surface area (Å²) in [5.74, 6) is 0.806. The minimum Gasteiger partial charge on any atom is -0.497 e. The largest absolute Gasteiger partial charge is 0.497 e. The zero-order valence-electron chi connectivity index (χ0n) is 13.5. The first-order valence-electron chi connectivity index (χ1n) is 7.51. The Morgan fingerprint density at radius 1 is 1.08 bits per heavy atom. The Kier molecular flexibility index (Phi) is 6.19. The van der Waals surface area contributed by atoms with Crippen LogP contribution >= 0.6 is 0 Å². The van der Waals surface area contributed by atoms with Crippen LogP contribution in [0.25, 0.3) is 0 Å². The molecule has 0 unspecified atom stereocenters. The molecular formula is C18H20N2O4. The van der Waals surface area contributed by atoms with Gasteiger partial charge in [-0.2, -0.15) is 0 Å². The highest BCUT2D eigenvalue weighted by Crippen LogP contribution is 2.17. The van der Waals surface area contributed by atoms with E-state index < -0.39 is 5.91 Å². The van der Waals surface area contributed by atoms with Gasteiger partial charge in [0.25, 0.3) is 0 Å². The Labute approximate surface area is 140 Å². The summed E-state index contributed by atoms with van der Waals surface area (Å²) in [6.07, 6.45) is 0.238. The number of nitrogens with one attached hydrogen (secondary N) is 1. The molecule has 0 radical (unpaired) electrons. The molecule has 2 rings (SSSR count). The van der Waals surface area contributed by atoms with E-state index >= 15 is 0 Å². The van der Waals surface area contributed by atoms with Crippen LogP contribution < -0.4 is 20.5 Å². The fourth-order valence-electron chi connectivity index (χ4n) is 2.06. The first-order chi connectivity index (χ1) is 11.6. The van der Waals surface area contributed by atoms with Crippen molar-refractivity contribution >= 4 is 11.8 Å². The number of hydrogen-bond acceptors (Lipinski definition) is 4. The quantitative estimate of drug-likeness (QED) is 0.774. The van der Waals surface area contributed by atoms with Gasteiger partial charge in [-0.25, -0.2) is 0 Å². The number of hydrogen-bond donors (Lipinski definition) is 2. The maximum Gasteiger partial charge on any atom is 0.248 e. The minimum atomic E-state index is -0.490. The lowest BCUT2D eigenvalue weighted by molar-refractivity contribution is -0.121. The number of amides is 2. The molecule has 0 aliphatic rings. The second-order valence-electron chi connectivity index (χ2n) is 5.12. The highest BCUT2D eigenvalue weighted by Gasteiger charge is 2.05. The van der Waals surface area contributed by atoms with Gasteiger partial charge in [0.1, 0.15) is 11.5 Å². The standard InChI is InChI=1S/C18H20N2O4/c1-23-15-5-7-16(8-6-15)24-10-9-17(21)20-12-13-3-2-4-14(11-13)18(19)22/h2-8,11H,9-10,12H2,1H3,(H2,19,22)(H,20,21). The summed E-state index contributed by atoms with van der Waals surface area (Å²) in [6.45, 7) is 0.613. The van der Waals surface area contributed by atoms with Crippen molar-refractivity contribution in [1.29, 1.82) is 0 Å². The maximum atomic E-state index is 11.8. The maximum absolute atomic E-state index is 11.8. The molecule has 0 fully saturated rings. The monoisotopic (exact) mass is 328 g/mol. The molecule has 0 spiro atoms. The molecule has 3 N–H and O–H groups in total. The summed E-state index contributed by atoms with van der Waals surface area (Å²) in [7, 11) is 1.60. The van der Waals surface area contributed by atoms with Crippen molar-refractivity contribution in [2.24, 2.45) is 5.73 Å². The van der Waals surface area contributed by atoms with Gasteiger partial charge in [-0.1, -0.05) is 12.1 Å². The topological polar surface area (TPSA) is 90.7 Å². The van der Waals surface area contributed by atoms with Crippen molar-refractivity contribution in [2.45, 2.75) is 13.0 Å². The van der Waals surface area contributed by atoms with E-state index in [1.165, 1.54) is 0 Å². The predicted octanol–water partition coefficient (Wildman–Crippen LogP) is 1.88. The number of rotatable bonds is 8. The van der Waals surface area contributed by atoms with Crippen molar-refractivity contribution in [2.75, 3.05) is 13.7 Å². The Bertz CT molecular complexity index is 698. The van der Waals surface area contributed by atoms with Gasteiger partial charge in [-0.3, -0.25) is 9.59 Å². The minimum absolute atomic E-state index is 0.131. The molecule has 0 aliphatic heterocycles. The molecule has 0 aliphatic carbocycles. The molecule has 6 nitrogen and oxygen atoms in total. The summed E-state index contributed by atoms with van der Waals surface area (Å²) in [5.41, 5.74) is 6.46. The number of ether oxygens (including phenoxy) is 2. The normalized spacial score (nSPS) is 10.0. The Hall–Kier alpha value is -3.02. The van der Waals surface area contributed by atoms with Gasteiger partial charge >= 0.3 is 0 Å². The lowest BCUT2D eigenvalue weighted by Gasteiger charge is -2.08. The zero-order chi connectivity index (χ0) is 17.4. The van der Waals surface area contributed by atoms with E-state index in [0.717, 1.165) is 11.3 Å². The SMILES string of the molecule is COc1ccc(OCCC(=O)NCc2cccc(C(N)=O)c2)cc1. The molecule has 6 heteroatoms. The number of primary amides is 1. The molecule has 0 saturated carbocycles. The van der Waals surface area contributed by atoms with E-state index in [1.807, 2.05) is 6.07 Å². The Morgan fingerprint density at radius 3 is 2.46 bits per heavy atom. The van der Waals surface area contributed by atoms with Gasteiger partial charge in [0.05, 0.1) is 20.1 Å². The lowest BCUT2D eigenvalue weighted by atomic mass is 10.1. The van der Waals surface area contributed by atoms with Crippen LogP contribution in [-0.2, 0) is 11.3 Å². The van der Waals surface area contributed by atoms with E-state index in [0.29, 0.717) is 17.9 Å². The first-order valence-corrected chi connectivity index (χ1v) is 7.51. The van der Waals surface area contributed by atoms with E-state index in [-0.39, 0.29) is 18.9 Å². The fourth-order valence-corrected chi connectivity index (χ4v) is 2.06. The van der Waals surface area contributed by atoms with E-state index in [9.17, 15) is 9.59 Å². The van der Waals surface area contributed by atoms with Crippen molar-refractivity contribution in [3.63, 3.8) is 0 Å². The number of carbonyl (C=O) groups is 2. The van der Waals surface area contributed by atoms with E-state index in [4.69, 9.17) is 15.2 Å². The van der Waals surface area contributed by atoms with Gasteiger partial charge in [0, 0.05) is 12.1 Å². The van der Waals surface area contributed by atoms with Crippen molar-refractivity contribution < 1.29 is 19.1 Å². The number of benzene rings is 2. The molecule has 2 aromatic rings. The second kappa shape index (κ2) is 8.57. The van der Waals surface area contributed by atoms with Gasteiger partial charge in [-0.05, 0) is 42.0 Å². The summed E-state index contributed by atoms with van der Waals surface area (Å²) >= 11 is 0. The third-order valence-electron chi connectivity index (χ3n) is 3.36. The molecule has 0 aromatic heterocycles. The Morgan fingerprint density at radius 2 is 1.79 bits per heavy atom. The number of carbonyl (C=O) groups excluding carboxylic acids is 2. The summed E-state index contributed by atoms with van der Waals surface area (Å²) in [5, 5.41) is 2.78. The van der Waals surface area contributed by atoms with Crippen molar-refractivity contribution in [3.8, 4) is 11.5 Å². The van der Waals surface area contributed by atoms with Crippen LogP contribution in [-0.4, -0.2) is 25.5 Å². The summed E-state index contributed by atoms with van der Waals surface area (Å²) in [6, 6.07) is 14.0. The third kappa shape index (κ3) is 5.31. The highest BCUT2D eigenvalue weighted by molar-refractivity contribution is 5.92. The first kappa shape index (κ1) is 17.3. The van der Waals surface area contributed by atoms with Crippen LogP contribution in [0.3, 0.4) is 0 Å². The third-order valence-corrected chi connectivity index (χ3v) is 3.36. The summed E-state index contributed by atoms with van der Waals surface area (Å²) in [4.78, 5) is 22.9. The van der Waals surface area contributed by atoms with Gasteiger partial charge in [0.2, 0.25) is 11.8 Å². The average Bonchev–Trinajstić information content (AvgIpc) is 2.61. The fraction of sp³-hybridized carbons (Fsp3) is 0.222. The molecule has 0 atom stereocenters. The van der Waals surface area contributed by atoms with Crippen LogP contribution in [0, 0.1) is 0 Å². The molecule has 0 bridgehead atoms. The molecule has 0 heterocycles. The molecule has 0 saturated heterocycles. The van der Waals surface area contributed by atoms with E-state index in [1.54, 1.807) is 49.6 Å². The van der Waals surface area contributed by atoms with Gasteiger partial charge in [-0.15, -0.1) is 0 Å². The van der Waals surface area contributed by atoms with Gasteiger partial charge in [0.15, 0.2) is 0 Å². The molecule has 126 valence electrons. The molecule has 2 aromatic carbocycles. The average molecular weight is 328 g/mol. The van der Waals surface area contributed by atoms with Crippen LogP contribution in [0.2, 0.25) is 0 Å². The van der Waals surface area contributed by atoms with E-state index in [2.05, 4.69) is 5.32 Å². The smallest absolute Gasteiger partial charge is 0.248 e. The number of methoxy groups -OCH3 is 1. The lowest BCUT2D eigenvalue weighted by Crippen LogP contribution is -2.24. The van der Waals surface area contributed by atoms with Crippen molar-refractivity contribution in [3.05, 3.63) is 59.7 Å². The van der Waals surface area contributed by atoms with Crippen LogP contribution in [0.5, 0.6) is 11.5 Å². The van der Waals surface area contributed by atoms with Crippen LogP contribution in [0.4, 0.5) is 0 Å². The summed E-state index contributed by atoms with van der Waals surface area (Å²) < 4.78 is 10.6. The molecule has 2 amide bonds. The van der Waals surface area contributed by atoms with Crippen molar-refractivity contribution in [1.82, 2.24) is 5.32 Å². The second-order valence-corrected chi connectivity index (χ2v) is 5.12. The molecule has 24 heavy (non-hydrogen) atoms. The Balaban J connectivity index is 1.73. The van der Waals surface area contributed by atoms with Crippen LogP contribution in [0.15, 0.2) is 48.5 Å². The number of nitrogens with two attached hydrogens (primary N) is 1. The predicted molar refractivity (Wildman–Crippen MR) is 89.9 cm³/mol. The highest BCUT2D eigenvalue weighted by atomic mass is 16.5. The zero-order valence-corrected chi connectivity index (χ0v) is 13.5. The molecular weight excluding hydrogens is 308 g/mol. The van der Waals surface area contributed by atoms with Crippen LogP contribution in [0.1, 0.15) is 22.3 Å².